The first-order chi connectivity index (χ1) is 12.8. The highest BCUT2D eigenvalue weighted by Gasteiger charge is 2.24. The number of benzene rings is 2. The van der Waals surface area contributed by atoms with Gasteiger partial charge in [-0.05, 0) is 48.7 Å². The summed E-state index contributed by atoms with van der Waals surface area (Å²) in [6.07, 6.45) is 0. The molecule has 2 aromatic carbocycles. The zero-order valence-electron chi connectivity index (χ0n) is 16.2. The Morgan fingerprint density at radius 3 is 2.26 bits per heavy atom. The van der Waals surface area contributed by atoms with Crippen LogP contribution in [0.5, 0.6) is 0 Å². The number of anilines is 2. The van der Waals surface area contributed by atoms with Crippen LogP contribution in [0.2, 0.25) is 0 Å². The Bertz CT molecular complexity index is 790. The molecule has 6 heteroatoms. The normalized spacial score (nSPS) is 13.1. The summed E-state index contributed by atoms with van der Waals surface area (Å²) in [6, 6.07) is 13.0. The van der Waals surface area contributed by atoms with Crippen molar-refractivity contribution in [2.75, 3.05) is 24.2 Å². The Balaban J connectivity index is 1.88. The number of hydrogen-bond acceptors (Lipinski definition) is 2. The van der Waals surface area contributed by atoms with E-state index >= 15 is 0 Å². The molecule has 0 aliphatic carbocycles. The Labute approximate surface area is 159 Å². The van der Waals surface area contributed by atoms with E-state index in [2.05, 4.69) is 24.5 Å². The lowest BCUT2D eigenvalue weighted by Gasteiger charge is -2.20. The highest BCUT2D eigenvalue weighted by atomic mass is 19.1. The van der Waals surface area contributed by atoms with Gasteiger partial charge >= 0.3 is 0 Å². The van der Waals surface area contributed by atoms with Crippen molar-refractivity contribution >= 4 is 23.2 Å². The number of quaternary nitrogens is 1. The molecule has 2 atom stereocenters. The molecule has 2 aromatic rings. The maximum Gasteiger partial charge on any atom is 0.282 e. The molecule has 144 valence electrons. The number of nitrogens with one attached hydrogen (secondary N) is 3. The average Bonchev–Trinajstić information content (AvgIpc) is 2.61. The van der Waals surface area contributed by atoms with Crippen LogP contribution in [0.4, 0.5) is 15.8 Å². The third-order valence-corrected chi connectivity index (χ3v) is 4.53. The van der Waals surface area contributed by atoms with Gasteiger partial charge in [0.2, 0.25) is 0 Å². The molecule has 0 fully saturated rings. The molecule has 5 nitrogen and oxygen atoms in total. The van der Waals surface area contributed by atoms with E-state index in [4.69, 9.17) is 0 Å². The molecule has 3 N–H and O–H groups in total. The Kier molecular flexibility index (Phi) is 7.07. The van der Waals surface area contributed by atoms with Gasteiger partial charge in [-0.25, -0.2) is 4.39 Å². The number of hydrogen-bond donors (Lipinski definition) is 3. The second kappa shape index (κ2) is 9.28. The van der Waals surface area contributed by atoms with Crippen LogP contribution >= 0.6 is 0 Å². The van der Waals surface area contributed by atoms with Crippen LogP contribution in [-0.4, -0.2) is 31.4 Å². The second-order valence-electron chi connectivity index (χ2n) is 7.07. The minimum Gasteiger partial charge on any atom is -0.321 e. The predicted octanol–water partition coefficient (Wildman–Crippen LogP) is 2.43. The molecule has 0 radical (unpaired) electrons. The largest absolute Gasteiger partial charge is 0.321 e. The lowest BCUT2D eigenvalue weighted by atomic mass is 10.0. The van der Waals surface area contributed by atoms with Crippen LogP contribution in [0.15, 0.2) is 48.5 Å². The number of carbonyl (C=O) groups is 2. The van der Waals surface area contributed by atoms with Gasteiger partial charge in [0.05, 0.1) is 7.05 Å². The smallest absolute Gasteiger partial charge is 0.282 e. The fraction of sp³-hybridized carbons (Fsp3) is 0.333. The zero-order valence-corrected chi connectivity index (χ0v) is 16.2. The molecule has 0 aliphatic rings. The van der Waals surface area contributed by atoms with E-state index < -0.39 is 11.9 Å². The fourth-order valence-electron chi connectivity index (χ4n) is 2.60. The van der Waals surface area contributed by atoms with Gasteiger partial charge in [0.15, 0.2) is 12.6 Å². The Morgan fingerprint density at radius 2 is 1.67 bits per heavy atom. The molecule has 0 heterocycles. The molecular weight excluding hydrogens is 345 g/mol. The number of likely N-dealkylation sites (N-methyl/N-ethyl adjacent to an activating group) is 1. The highest BCUT2D eigenvalue weighted by Crippen LogP contribution is 2.17. The minimum absolute atomic E-state index is 0.0946. The topological polar surface area (TPSA) is 62.6 Å². The summed E-state index contributed by atoms with van der Waals surface area (Å²) in [7, 11) is 1.78. The highest BCUT2D eigenvalue weighted by molar-refractivity contribution is 5.94. The van der Waals surface area contributed by atoms with Gasteiger partial charge in [0, 0.05) is 11.4 Å². The van der Waals surface area contributed by atoms with Gasteiger partial charge < -0.3 is 15.5 Å². The summed E-state index contributed by atoms with van der Waals surface area (Å²) >= 11 is 0. The second-order valence-corrected chi connectivity index (χ2v) is 7.07. The van der Waals surface area contributed by atoms with Crippen molar-refractivity contribution in [1.29, 1.82) is 0 Å². The molecule has 27 heavy (non-hydrogen) atoms. The van der Waals surface area contributed by atoms with E-state index in [9.17, 15) is 14.0 Å². The van der Waals surface area contributed by atoms with Crippen molar-refractivity contribution in [3.8, 4) is 0 Å². The first-order valence-corrected chi connectivity index (χ1v) is 9.05. The molecule has 0 aromatic heterocycles. The fourth-order valence-corrected chi connectivity index (χ4v) is 2.60. The molecule has 0 spiro atoms. The van der Waals surface area contributed by atoms with Gasteiger partial charge in [-0.1, -0.05) is 32.0 Å². The summed E-state index contributed by atoms with van der Waals surface area (Å²) in [5.41, 5.74) is 2.33. The van der Waals surface area contributed by atoms with Crippen molar-refractivity contribution in [2.24, 2.45) is 0 Å². The number of rotatable bonds is 7. The van der Waals surface area contributed by atoms with Gasteiger partial charge in [-0.2, -0.15) is 0 Å². The van der Waals surface area contributed by atoms with Crippen LogP contribution in [0, 0.1) is 5.82 Å². The van der Waals surface area contributed by atoms with E-state index in [1.165, 1.54) is 23.8 Å². The number of carbonyl (C=O) groups excluding carboxylic acids is 2. The van der Waals surface area contributed by atoms with Crippen molar-refractivity contribution < 1.29 is 18.9 Å². The first-order valence-electron chi connectivity index (χ1n) is 9.05. The molecule has 0 saturated carbocycles. The molecule has 1 unspecified atom stereocenters. The molecule has 2 amide bonds. The number of halogens is 1. The third kappa shape index (κ3) is 6.18. The monoisotopic (exact) mass is 372 g/mol. The maximum absolute atomic E-state index is 13.2. The molecule has 0 aliphatic heterocycles. The lowest BCUT2D eigenvalue weighted by Crippen LogP contribution is -3.14. The van der Waals surface area contributed by atoms with E-state index in [0.717, 1.165) is 10.6 Å². The van der Waals surface area contributed by atoms with E-state index in [0.29, 0.717) is 11.6 Å². The zero-order chi connectivity index (χ0) is 20.0. The van der Waals surface area contributed by atoms with Gasteiger partial charge in [-0.15, -0.1) is 0 Å². The average molecular weight is 372 g/mol. The Morgan fingerprint density at radius 1 is 1.00 bits per heavy atom. The van der Waals surface area contributed by atoms with Crippen molar-refractivity contribution in [2.45, 2.75) is 32.7 Å². The van der Waals surface area contributed by atoms with Gasteiger partial charge in [0.1, 0.15) is 5.82 Å². The SMILES string of the molecule is CC(C)c1ccc(NC(=O)[C@@H](C)[NH+](C)CC(=O)Nc2cccc(F)c2)cc1. The van der Waals surface area contributed by atoms with E-state index in [1.54, 1.807) is 20.0 Å². The van der Waals surface area contributed by atoms with Crippen LogP contribution < -0.4 is 15.5 Å². The van der Waals surface area contributed by atoms with Crippen LogP contribution in [0.25, 0.3) is 0 Å². The van der Waals surface area contributed by atoms with Crippen molar-refractivity contribution in [1.82, 2.24) is 0 Å². The van der Waals surface area contributed by atoms with Crippen LogP contribution in [-0.2, 0) is 9.59 Å². The van der Waals surface area contributed by atoms with Gasteiger partial charge in [0.25, 0.3) is 11.8 Å². The van der Waals surface area contributed by atoms with Crippen LogP contribution in [0.1, 0.15) is 32.3 Å². The lowest BCUT2D eigenvalue weighted by molar-refractivity contribution is -0.885. The van der Waals surface area contributed by atoms with Gasteiger partial charge in [-0.3, -0.25) is 9.59 Å². The van der Waals surface area contributed by atoms with Crippen LogP contribution in [0.3, 0.4) is 0 Å². The number of amides is 2. The standard InChI is InChI=1S/C21H26FN3O2/c1-14(2)16-8-10-18(11-9-16)24-21(27)15(3)25(4)13-20(26)23-19-7-5-6-17(22)12-19/h5-12,14-15H,13H2,1-4H3,(H,23,26)(H,24,27)/p+1/t15-/m1/s1. The Hall–Kier alpha value is -2.73. The van der Waals surface area contributed by atoms with Crippen molar-refractivity contribution in [3.63, 3.8) is 0 Å². The molecule has 2 rings (SSSR count). The summed E-state index contributed by atoms with van der Waals surface area (Å²) in [5, 5.41) is 5.52. The quantitative estimate of drug-likeness (QED) is 0.699. The summed E-state index contributed by atoms with van der Waals surface area (Å²) < 4.78 is 13.2. The third-order valence-electron chi connectivity index (χ3n) is 4.53. The molecule has 0 saturated heterocycles. The van der Waals surface area contributed by atoms with E-state index in [-0.39, 0.29) is 18.4 Å². The first kappa shape index (κ1) is 20.6. The molecule has 0 bridgehead atoms. The maximum atomic E-state index is 13.2. The van der Waals surface area contributed by atoms with Crippen molar-refractivity contribution in [3.05, 3.63) is 59.9 Å². The summed E-state index contributed by atoms with van der Waals surface area (Å²) in [5.74, 6) is -0.423. The summed E-state index contributed by atoms with van der Waals surface area (Å²) in [4.78, 5) is 25.3. The summed E-state index contributed by atoms with van der Waals surface area (Å²) in [6.45, 7) is 6.09. The molecular formula is C21H27FN3O2+. The van der Waals surface area contributed by atoms with E-state index in [1.807, 2.05) is 24.3 Å². The minimum atomic E-state index is -0.423. The predicted molar refractivity (Wildman–Crippen MR) is 105 cm³/mol.